The molecule has 1 N–H and O–H groups in total. The van der Waals surface area contributed by atoms with Gasteiger partial charge in [-0.15, -0.1) is 0 Å². The maximum atomic E-state index is 12.9. The fourth-order valence-electron chi connectivity index (χ4n) is 3.91. The van der Waals surface area contributed by atoms with Gasteiger partial charge in [-0.1, -0.05) is 48.5 Å². The van der Waals surface area contributed by atoms with Gasteiger partial charge in [0.2, 0.25) is 10.0 Å². The van der Waals surface area contributed by atoms with Crippen molar-refractivity contribution in [1.29, 1.82) is 0 Å². The quantitative estimate of drug-likeness (QED) is 0.606. The summed E-state index contributed by atoms with van der Waals surface area (Å²) in [5, 5.41) is 0. The Labute approximate surface area is 183 Å². The summed E-state index contributed by atoms with van der Waals surface area (Å²) in [5.41, 5.74) is 3.48. The van der Waals surface area contributed by atoms with E-state index in [0.717, 1.165) is 17.7 Å². The predicted molar refractivity (Wildman–Crippen MR) is 123 cm³/mol. The van der Waals surface area contributed by atoms with Gasteiger partial charge >= 0.3 is 0 Å². The maximum absolute atomic E-state index is 12.9. The molecule has 0 aromatic heterocycles. The van der Waals surface area contributed by atoms with Crippen LogP contribution < -0.4 is 9.62 Å². The molecule has 3 aromatic carbocycles. The van der Waals surface area contributed by atoms with Crippen LogP contribution >= 0.6 is 0 Å². The molecule has 1 atom stereocenters. The number of carbonyl (C=O) groups is 1. The van der Waals surface area contributed by atoms with Crippen molar-refractivity contribution in [1.82, 2.24) is 4.72 Å². The third kappa shape index (κ3) is 4.86. The maximum Gasteiger partial charge on any atom is 0.258 e. The van der Waals surface area contributed by atoms with Crippen molar-refractivity contribution in [2.45, 2.75) is 37.1 Å². The van der Waals surface area contributed by atoms with E-state index in [0.29, 0.717) is 24.9 Å². The first-order valence-corrected chi connectivity index (χ1v) is 12.0. The highest BCUT2D eigenvalue weighted by Gasteiger charge is 2.27. The summed E-state index contributed by atoms with van der Waals surface area (Å²) < 4.78 is 28.6. The lowest BCUT2D eigenvalue weighted by Gasteiger charge is -2.18. The first-order chi connectivity index (χ1) is 14.9. The first kappa shape index (κ1) is 21.3. The molecule has 31 heavy (non-hydrogen) atoms. The van der Waals surface area contributed by atoms with Crippen LogP contribution in [-0.4, -0.2) is 26.9 Å². The zero-order valence-electron chi connectivity index (χ0n) is 17.5. The summed E-state index contributed by atoms with van der Waals surface area (Å²) in [7, 11) is -3.63. The summed E-state index contributed by atoms with van der Waals surface area (Å²) in [4.78, 5) is 14.8. The fraction of sp³-hybridized carbons (Fsp3) is 0.240. The van der Waals surface area contributed by atoms with Crippen molar-refractivity contribution in [2.75, 3.05) is 11.4 Å². The molecule has 160 valence electrons. The summed E-state index contributed by atoms with van der Waals surface area (Å²) in [6, 6.07) is 24.0. The minimum atomic E-state index is -3.63. The molecule has 5 nitrogen and oxygen atoms in total. The molecule has 1 heterocycles. The molecule has 1 aliphatic heterocycles. The van der Waals surface area contributed by atoms with Crippen LogP contribution in [-0.2, 0) is 22.9 Å². The Morgan fingerprint density at radius 3 is 2.39 bits per heavy atom. The summed E-state index contributed by atoms with van der Waals surface area (Å²) in [6.07, 6.45) is 2.17. The SMILES string of the molecule is C[C@H](CCc1ccccc1)NS(=O)(=O)c1ccc2c(c1)CCN2C(=O)c1ccccc1. The van der Waals surface area contributed by atoms with Crippen LogP contribution in [0.1, 0.15) is 34.8 Å². The van der Waals surface area contributed by atoms with Gasteiger partial charge < -0.3 is 4.90 Å². The van der Waals surface area contributed by atoms with E-state index in [4.69, 9.17) is 0 Å². The standard InChI is InChI=1S/C25H26N2O3S/c1-19(12-13-20-8-4-2-5-9-20)26-31(29,30)23-14-15-24-22(18-23)16-17-27(24)25(28)21-10-6-3-7-11-21/h2-11,14-15,18-19,26H,12-13,16-17H2,1H3/t19-/m1/s1. The Bertz CT molecular complexity index is 1160. The van der Waals surface area contributed by atoms with Gasteiger partial charge in [-0.25, -0.2) is 13.1 Å². The largest absolute Gasteiger partial charge is 0.308 e. The molecular weight excluding hydrogens is 408 g/mol. The Kier molecular flexibility index (Phi) is 6.20. The minimum absolute atomic E-state index is 0.0670. The lowest BCUT2D eigenvalue weighted by Crippen LogP contribution is -2.33. The normalized spacial score (nSPS) is 14.3. The molecule has 1 amide bonds. The molecule has 4 rings (SSSR count). The van der Waals surface area contributed by atoms with E-state index >= 15 is 0 Å². The van der Waals surface area contributed by atoms with Crippen molar-refractivity contribution < 1.29 is 13.2 Å². The highest BCUT2D eigenvalue weighted by molar-refractivity contribution is 7.89. The zero-order chi connectivity index (χ0) is 21.8. The Morgan fingerprint density at radius 2 is 1.68 bits per heavy atom. The van der Waals surface area contributed by atoms with E-state index in [1.807, 2.05) is 55.5 Å². The fourth-order valence-corrected chi connectivity index (χ4v) is 5.24. The number of hydrogen-bond acceptors (Lipinski definition) is 3. The monoisotopic (exact) mass is 434 g/mol. The number of fused-ring (bicyclic) bond motifs is 1. The van der Waals surface area contributed by atoms with Crippen LogP contribution in [0.15, 0.2) is 83.8 Å². The van der Waals surface area contributed by atoms with Gasteiger partial charge in [-0.2, -0.15) is 0 Å². The predicted octanol–water partition coefficient (Wildman–Crippen LogP) is 4.19. The van der Waals surface area contributed by atoms with E-state index in [1.54, 1.807) is 35.2 Å². The molecule has 0 unspecified atom stereocenters. The lowest BCUT2D eigenvalue weighted by atomic mass is 10.1. The second kappa shape index (κ2) is 9.04. The molecule has 1 aliphatic rings. The molecule has 0 radical (unpaired) electrons. The number of benzene rings is 3. The highest BCUT2D eigenvalue weighted by Crippen LogP contribution is 2.31. The second-order valence-electron chi connectivity index (χ2n) is 7.91. The van der Waals surface area contributed by atoms with Crippen LogP contribution in [0.4, 0.5) is 5.69 Å². The van der Waals surface area contributed by atoms with Gasteiger partial charge in [0.05, 0.1) is 4.90 Å². The zero-order valence-corrected chi connectivity index (χ0v) is 18.3. The number of nitrogens with zero attached hydrogens (tertiary/aromatic N) is 1. The average Bonchev–Trinajstić information content (AvgIpc) is 3.21. The topological polar surface area (TPSA) is 66.5 Å². The summed E-state index contributed by atoms with van der Waals surface area (Å²) in [6.45, 7) is 2.43. The van der Waals surface area contributed by atoms with Gasteiger partial charge in [0.1, 0.15) is 0 Å². The Balaban J connectivity index is 1.45. The molecule has 6 heteroatoms. The number of rotatable bonds is 7. The molecular formula is C25H26N2O3S. The van der Waals surface area contributed by atoms with Crippen molar-refractivity contribution in [2.24, 2.45) is 0 Å². The molecule has 0 aliphatic carbocycles. The van der Waals surface area contributed by atoms with E-state index < -0.39 is 10.0 Å². The van der Waals surface area contributed by atoms with Gasteiger partial charge in [0, 0.05) is 23.8 Å². The van der Waals surface area contributed by atoms with E-state index in [-0.39, 0.29) is 16.8 Å². The molecule has 0 bridgehead atoms. The third-order valence-electron chi connectivity index (χ3n) is 5.59. The summed E-state index contributed by atoms with van der Waals surface area (Å²) >= 11 is 0. The molecule has 3 aromatic rings. The molecule has 0 saturated carbocycles. The smallest absolute Gasteiger partial charge is 0.258 e. The van der Waals surface area contributed by atoms with Crippen LogP contribution in [0.25, 0.3) is 0 Å². The highest BCUT2D eigenvalue weighted by atomic mass is 32.2. The van der Waals surface area contributed by atoms with Crippen molar-refractivity contribution in [3.8, 4) is 0 Å². The van der Waals surface area contributed by atoms with Gasteiger partial charge in [-0.3, -0.25) is 4.79 Å². The molecule has 0 saturated heterocycles. The number of nitrogens with one attached hydrogen (secondary N) is 1. The van der Waals surface area contributed by atoms with Gasteiger partial charge in [0.25, 0.3) is 5.91 Å². The van der Waals surface area contributed by atoms with Crippen molar-refractivity contribution in [3.63, 3.8) is 0 Å². The summed E-state index contributed by atoms with van der Waals surface area (Å²) in [5.74, 6) is -0.0670. The number of sulfonamides is 1. The minimum Gasteiger partial charge on any atom is -0.308 e. The Morgan fingerprint density at radius 1 is 1.00 bits per heavy atom. The van der Waals surface area contributed by atoms with Gasteiger partial charge in [-0.05, 0) is 67.6 Å². The van der Waals surface area contributed by atoms with Crippen LogP contribution in [0.3, 0.4) is 0 Å². The molecule has 0 fully saturated rings. The first-order valence-electron chi connectivity index (χ1n) is 10.5. The lowest BCUT2D eigenvalue weighted by molar-refractivity contribution is 0.0989. The number of anilines is 1. The number of amides is 1. The van der Waals surface area contributed by atoms with Gasteiger partial charge in [0.15, 0.2) is 0 Å². The van der Waals surface area contributed by atoms with E-state index in [2.05, 4.69) is 4.72 Å². The second-order valence-corrected chi connectivity index (χ2v) is 9.62. The van der Waals surface area contributed by atoms with Crippen LogP contribution in [0.5, 0.6) is 0 Å². The number of carbonyl (C=O) groups excluding carboxylic acids is 1. The number of aryl methyl sites for hydroxylation is 1. The molecule has 0 spiro atoms. The van der Waals surface area contributed by atoms with E-state index in [1.165, 1.54) is 5.56 Å². The van der Waals surface area contributed by atoms with Crippen molar-refractivity contribution >= 4 is 21.6 Å². The van der Waals surface area contributed by atoms with Crippen molar-refractivity contribution in [3.05, 3.63) is 95.6 Å². The van der Waals surface area contributed by atoms with E-state index in [9.17, 15) is 13.2 Å². The average molecular weight is 435 g/mol. The Hall–Kier alpha value is -2.96. The third-order valence-corrected chi connectivity index (χ3v) is 7.18. The number of hydrogen-bond donors (Lipinski definition) is 1. The van der Waals surface area contributed by atoms with Crippen LogP contribution in [0.2, 0.25) is 0 Å². The van der Waals surface area contributed by atoms with Crippen LogP contribution in [0, 0.1) is 0 Å².